The van der Waals surface area contributed by atoms with Gasteiger partial charge in [0.1, 0.15) is 11.4 Å². The molecule has 3 nitrogen and oxygen atoms in total. The molecule has 4 aromatic rings. The summed E-state index contributed by atoms with van der Waals surface area (Å²) in [5.74, 6) is -0.167. The van der Waals surface area contributed by atoms with Gasteiger partial charge >= 0.3 is 0 Å². The highest BCUT2D eigenvalue weighted by Crippen LogP contribution is 2.35. The summed E-state index contributed by atoms with van der Waals surface area (Å²) >= 11 is -1.85. The first-order valence-electron chi connectivity index (χ1n) is 8.04. The number of halogens is 1. The van der Waals surface area contributed by atoms with Crippen molar-refractivity contribution in [3.8, 4) is 22.3 Å². The molecule has 0 bridgehead atoms. The Morgan fingerprint density at radius 1 is 0.885 bits per heavy atom. The number of hydrogen-bond acceptors (Lipinski definition) is 2. The van der Waals surface area contributed by atoms with Gasteiger partial charge in [0.2, 0.25) is 0 Å². The lowest BCUT2D eigenvalue weighted by atomic mass is 9.96. The van der Waals surface area contributed by atoms with Crippen LogP contribution in [0.4, 0.5) is 4.39 Å². The molecule has 130 valence electrons. The van der Waals surface area contributed by atoms with E-state index in [1.807, 2.05) is 42.5 Å². The molecule has 1 heterocycles. The number of benzene rings is 3. The van der Waals surface area contributed by atoms with E-state index in [9.17, 15) is 8.60 Å². The lowest BCUT2D eigenvalue weighted by Gasteiger charge is -2.09. The van der Waals surface area contributed by atoms with Crippen molar-refractivity contribution in [3.05, 3.63) is 84.4 Å². The molecule has 0 aliphatic heterocycles. The Labute approximate surface area is 152 Å². The summed E-state index contributed by atoms with van der Waals surface area (Å²) in [7, 11) is 0. The number of hydrogen-bond donors (Lipinski definition) is 1. The highest BCUT2D eigenvalue weighted by atomic mass is 32.2. The van der Waals surface area contributed by atoms with Crippen molar-refractivity contribution in [2.45, 2.75) is 5.75 Å². The van der Waals surface area contributed by atoms with Crippen LogP contribution < -0.4 is 0 Å². The van der Waals surface area contributed by atoms with Crippen LogP contribution in [0.25, 0.3) is 33.2 Å². The Balaban J connectivity index is 1.81. The van der Waals surface area contributed by atoms with Crippen molar-refractivity contribution >= 4 is 22.0 Å². The molecule has 4 rings (SSSR count). The first-order valence-corrected chi connectivity index (χ1v) is 9.32. The Hall–Kier alpha value is -2.76. The van der Waals surface area contributed by atoms with Crippen LogP contribution in [0.1, 0.15) is 5.56 Å². The van der Waals surface area contributed by atoms with E-state index in [1.165, 1.54) is 12.1 Å². The van der Waals surface area contributed by atoms with Gasteiger partial charge in [0.05, 0.1) is 12.0 Å². The third-order valence-corrected chi connectivity index (χ3v) is 4.86. The molecule has 0 saturated carbocycles. The van der Waals surface area contributed by atoms with Crippen LogP contribution in [-0.2, 0) is 16.8 Å². The summed E-state index contributed by atoms with van der Waals surface area (Å²) in [5, 5.41) is 0.961. The minimum atomic E-state index is -1.85. The first kappa shape index (κ1) is 16.7. The van der Waals surface area contributed by atoms with Gasteiger partial charge in [-0.15, -0.1) is 0 Å². The third kappa shape index (κ3) is 3.31. The summed E-state index contributed by atoms with van der Waals surface area (Å²) in [5.41, 5.74) is 5.31. The fraction of sp³-hybridized carbons (Fsp3) is 0.0476. The highest BCUT2D eigenvalue weighted by molar-refractivity contribution is 7.78. The van der Waals surface area contributed by atoms with Crippen LogP contribution in [0.2, 0.25) is 0 Å². The predicted molar refractivity (Wildman–Crippen MR) is 102 cm³/mol. The molecule has 1 aromatic heterocycles. The lowest BCUT2D eigenvalue weighted by Crippen LogP contribution is -1.92. The van der Waals surface area contributed by atoms with Gasteiger partial charge in [0, 0.05) is 10.9 Å². The van der Waals surface area contributed by atoms with Crippen LogP contribution in [0.15, 0.2) is 77.4 Å². The molecule has 1 unspecified atom stereocenters. The summed E-state index contributed by atoms with van der Waals surface area (Å²) in [6.45, 7) is 0. The van der Waals surface area contributed by atoms with Gasteiger partial charge in [0.25, 0.3) is 0 Å². The maximum atomic E-state index is 13.3. The van der Waals surface area contributed by atoms with Crippen LogP contribution >= 0.6 is 0 Å². The zero-order valence-electron chi connectivity index (χ0n) is 13.7. The fourth-order valence-electron chi connectivity index (χ4n) is 3.03. The Morgan fingerprint density at radius 3 is 2.27 bits per heavy atom. The molecular formula is C21H15FO3S. The average molecular weight is 366 g/mol. The molecule has 0 aliphatic carbocycles. The van der Waals surface area contributed by atoms with E-state index in [1.54, 1.807) is 18.4 Å². The van der Waals surface area contributed by atoms with Crippen LogP contribution in [0, 0.1) is 5.82 Å². The molecular weight excluding hydrogens is 351 g/mol. The molecule has 0 aliphatic rings. The highest BCUT2D eigenvalue weighted by Gasteiger charge is 2.11. The van der Waals surface area contributed by atoms with Gasteiger partial charge in [0.15, 0.2) is 11.1 Å². The van der Waals surface area contributed by atoms with Gasteiger partial charge in [-0.1, -0.05) is 36.4 Å². The summed E-state index contributed by atoms with van der Waals surface area (Å²) in [6, 6.07) is 19.8. The van der Waals surface area contributed by atoms with Crippen molar-refractivity contribution in [2.24, 2.45) is 0 Å². The Morgan fingerprint density at radius 2 is 1.58 bits per heavy atom. The van der Waals surface area contributed by atoms with E-state index in [0.717, 1.165) is 38.8 Å². The second kappa shape index (κ2) is 6.86. The Bertz CT molecular complexity index is 1080. The molecule has 0 saturated heterocycles. The maximum absolute atomic E-state index is 13.3. The average Bonchev–Trinajstić information content (AvgIpc) is 3.10. The number of rotatable bonds is 4. The molecule has 0 radical (unpaired) electrons. The largest absolute Gasteiger partial charge is 0.464 e. The van der Waals surface area contributed by atoms with E-state index in [4.69, 9.17) is 8.97 Å². The van der Waals surface area contributed by atoms with Crippen molar-refractivity contribution in [2.75, 3.05) is 0 Å². The van der Waals surface area contributed by atoms with E-state index in [0.29, 0.717) is 0 Å². The van der Waals surface area contributed by atoms with Crippen molar-refractivity contribution in [1.82, 2.24) is 0 Å². The van der Waals surface area contributed by atoms with E-state index in [-0.39, 0.29) is 11.6 Å². The summed E-state index contributed by atoms with van der Waals surface area (Å²) in [4.78, 5) is 0. The van der Waals surface area contributed by atoms with E-state index < -0.39 is 11.1 Å². The first-order chi connectivity index (χ1) is 12.6. The molecule has 1 atom stereocenters. The standard InChI is InChI=1S/C21H15FO3S/c22-19-7-5-16(6-8-19)20-12-18(11-17-9-10-25-21(17)20)15-3-1-14(2-4-15)13-26(23)24/h1-12H,13H2,(H,23,24). The molecule has 5 heteroatoms. The van der Waals surface area contributed by atoms with Gasteiger partial charge in [-0.3, -0.25) is 0 Å². The minimum absolute atomic E-state index is 0.113. The quantitative estimate of drug-likeness (QED) is 0.476. The SMILES string of the molecule is O=S(O)Cc1ccc(-c2cc(-c3ccc(F)cc3)c3occc3c2)cc1. The second-order valence-electron chi connectivity index (χ2n) is 6.03. The number of fused-ring (bicyclic) bond motifs is 1. The van der Waals surface area contributed by atoms with E-state index >= 15 is 0 Å². The van der Waals surface area contributed by atoms with E-state index in [2.05, 4.69) is 0 Å². The van der Waals surface area contributed by atoms with Crippen LogP contribution in [0.5, 0.6) is 0 Å². The Kier molecular flexibility index (Phi) is 4.41. The minimum Gasteiger partial charge on any atom is -0.464 e. The molecule has 0 amide bonds. The molecule has 3 aromatic carbocycles. The smallest absolute Gasteiger partial charge is 0.157 e. The second-order valence-corrected chi connectivity index (χ2v) is 6.96. The van der Waals surface area contributed by atoms with Crippen molar-refractivity contribution in [1.29, 1.82) is 0 Å². The fourth-order valence-corrected chi connectivity index (χ4v) is 3.51. The predicted octanol–water partition coefficient (Wildman–Crippen LogP) is 5.63. The summed E-state index contributed by atoms with van der Waals surface area (Å²) in [6.07, 6.45) is 1.64. The van der Waals surface area contributed by atoms with Crippen LogP contribution in [0.3, 0.4) is 0 Å². The monoisotopic (exact) mass is 366 g/mol. The normalized spacial score (nSPS) is 12.4. The topological polar surface area (TPSA) is 50.4 Å². The van der Waals surface area contributed by atoms with Crippen molar-refractivity contribution < 1.29 is 17.6 Å². The molecule has 1 N–H and O–H groups in total. The van der Waals surface area contributed by atoms with Gasteiger partial charge in [-0.25, -0.2) is 8.60 Å². The molecule has 0 fully saturated rings. The maximum Gasteiger partial charge on any atom is 0.157 e. The number of furan rings is 1. The zero-order chi connectivity index (χ0) is 18.1. The zero-order valence-corrected chi connectivity index (χ0v) is 14.5. The third-order valence-electron chi connectivity index (χ3n) is 4.28. The molecule has 0 spiro atoms. The van der Waals surface area contributed by atoms with Crippen molar-refractivity contribution in [3.63, 3.8) is 0 Å². The lowest BCUT2D eigenvalue weighted by molar-refractivity contribution is 0.563. The van der Waals surface area contributed by atoms with Crippen LogP contribution in [-0.4, -0.2) is 8.76 Å². The van der Waals surface area contributed by atoms with Gasteiger partial charge in [-0.05, 0) is 52.6 Å². The molecule has 26 heavy (non-hydrogen) atoms. The summed E-state index contributed by atoms with van der Waals surface area (Å²) < 4.78 is 38.8. The van der Waals surface area contributed by atoms with Gasteiger partial charge in [-0.2, -0.15) is 0 Å². The van der Waals surface area contributed by atoms with Gasteiger partial charge < -0.3 is 8.97 Å².